The van der Waals surface area contributed by atoms with Crippen LogP contribution in [0, 0.1) is 17.2 Å². The first-order chi connectivity index (χ1) is 8.71. The number of nitrogens with one attached hydrogen (secondary N) is 1. The molecule has 0 saturated heterocycles. The molecule has 1 amide bonds. The van der Waals surface area contributed by atoms with E-state index >= 15 is 0 Å². The van der Waals surface area contributed by atoms with Gasteiger partial charge in [-0.25, -0.2) is 0 Å². The van der Waals surface area contributed by atoms with E-state index in [1.807, 2.05) is 19.9 Å². The van der Waals surface area contributed by atoms with Crippen LogP contribution in [0.15, 0.2) is 24.3 Å². The van der Waals surface area contributed by atoms with Crippen LogP contribution in [0.25, 0.3) is 0 Å². The van der Waals surface area contributed by atoms with E-state index in [0.29, 0.717) is 18.7 Å². The molecule has 4 nitrogen and oxygen atoms in total. The molecule has 1 atom stereocenters. The van der Waals surface area contributed by atoms with Gasteiger partial charge in [-0.1, -0.05) is 13.8 Å². The van der Waals surface area contributed by atoms with Crippen LogP contribution in [-0.2, 0) is 4.79 Å². The summed E-state index contributed by atoms with van der Waals surface area (Å²) >= 11 is 0. The predicted octanol–water partition coefficient (Wildman–Crippen LogP) is 2.96. The van der Waals surface area contributed by atoms with Crippen molar-refractivity contribution in [2.24, 2.45) is 5.92 Å². The normalized spacial score (nSPS) is 11.4. The summed E-state index contributed by atoms with van der Waals surface area (Å²) in [5.41, 5.74) is 0.678. The van der Waals surface area contributed by atoms with E-state index in [1.165, 1.54) is 0 Å². The topological polar surface area (TPSA) is 62.1 Å². The van der Waals surface area contributed by atoms with Crippen molar-refractivity contribution in [2.75, 3.05) is 11.9 Å². The largest absolute Gasteiger partial charge is 0.494 e. The second-order valence-electron chi connectivity index (χ2n) is 3.95. The Balaban J connectivity index is 2.58. The number of carbonyl (C=O) groups is 1. The van der Waals surface area contributed by atoms with Crippen molar-refractivity contribution < 1.29 is 9.53 Å². The molecule has 0 fully saturated rings. The Morgan fingerprint density at radius 1 is 1.39 bits per heavy atom. The molecule has 1 aromatic rings. The quantitative estimate of drug-likeness (QED) is 0.839. The lowest BCUT2D eigenvalue weighted by atomic mass is 10.1. The van der Waals surface area contributed by atoms with Crippen LogP contribution < -0.4 is 10.1 Å². The summed E-state index contributed by atoms with van der Waals surface area (Å²) in [7, 11) is 0. The van der Waals surface area contributed by atoms with Gasteiger partial charge in [0, 0.05) is 5.69 Å². The Kier molecular flexibility index (Phi) is 5.72. The molecule has 0 radical (unpaired) electrons. The molecule has 4 heteroatoms. The van der Waals surface area contributed by atoms with E-state index in [1.54, 1.807) is 24.3 Å². The van der Waals surface area contributed by atoms with Gasteiger partial charge in [0.05, 0.1) is 12.7 Å². The van der Waals surface area contributed by atoms with Crippen molar-refractivity contribution in [3.05, 3.63) is 24.3 Å². The summed E-state index contributed by atoms with van der Waals surface area (Å²) in [4.78, 5) is 11.7. The summed E-state index contributed by atoms with van der Waals surface area (Å²) in [6, 6.07) is 9.12. The smallest absolute Gasteiger partial charge is 0.241 e. The first-order valence-electron chi connectivity index (χ1n) is 6.14. The SMILES string of the molecule is CCCOc1ccc(NC(=O)C(C#N)CC)cc1. The van der Waals surface area contributed by atoms with E-state index in [-0.39, 0.29) is 5.91 Å². The molecule has 0 aromatic heterocycles. The Morgan fingerprint density at radius 3 is 2.56 bits per heavy atom. The molecule has 0 bridgehead atoms. The average molecular weight is 246 g/mol. The molecule has 18 heavy (non-hydrogen) atoms. The molecule has 1 unspecified atom stereocenters. The minimum Gasteiger partial charge on any atom is -0.494 e. The minimum atomic E-state index is -0.596. The van der Waals surface area contributed by atoms with Crippen molar-refractivity contribution in [2.45, 2.75) is 26.7 Å². The molecular formula is C14H18N2O2. The molecular weight excluding hydrogens is 228 g/mol. The molecule has 0 heterocycles. The number of anilines is 1. The predicted molar refractivity (Wildman–Crippen MR) is 70.3 cm³/mol. The Bertz CT molecular complexity index is 420. The second kappa shape index (κ2) is 7.33. The van der Waals surface area contributed by atoms with Crippen molar-refractivity contribution in [3.8, 4) is 11.8 Å². The molecule has 0 saturated carbocycles. The molecule has 1 rings (SSSR count). The zero-order valence-corrected chi connectivity index (χ0v) is 10.8. The van der Waals surface area contributed by atoms with Crippen molar-refractivity contribution in [1.29, 1.82) is 5.26 Å². The van der Waals surface area contributed by atoms with E-state index in [2.05, 4.69) is 5.32 Å². The van der Waals surface area contributed by atoms with Crippen LogP contribution in [0.4, 0.5) is 5.69 Å². The van der Waals surface area contributed by atoms with Crippen LogP contribution in [0.3, 0.4) is 0 Å². The number of hydrogen-bond acceptors (Lipinski definition) is 3. The lowest BCUT2D eigenvalue weighted by Crippen LogP contribution is -2.20. The first-order valence-corrected chi connectivity index (χ1v) is 6.14. The first kappa shape index (κ1) is 14.0. The van der Waals surface area contributed by atoms with Gasteiger partial charge in [-0.05, 0) is 37.1 Å². The summed E-state index contributed by atoms with van der Waals surface area (Å²) in [6.45, 7) is 4.54. The van der Waals surface area contributed by atoms with E-state index in [0.717, 1.165) is 12.2 Å². The van der Waals surface area contributed by atoms with E-state index < -0.39 is 5.92 Å². The summed E-state index contributed by atoms with van der Waals surface area (Å²) < 4.78 is 5.44. The third kappa shape index (κ3) is 4.10. The van der Waals surface area contributed by atoms with Crippen LogP contribution in [0.1, 0.15) is 26.7 Å². The van der Waals surface area contributed by atoms with Crippen LogP contribution in [0.2, 0.25) is 0 Å². The molecule has 1 N–H and O–H groups in total. The van der Waals surface area contributed by atoms with Gasteiger partial charge in [-0.2, -0.15) is 5.26 Å². The maximum atomic E-state index is 11.7. The number of nitrogens with zero attached hydrogens (tertiary/aromatic N) is 1. The Labute approximate surface area is 108 Å². The fraction of sp³-hybridized carbons (Fsp3) is 0.429. The minimum absolute atomic E-state index is 0.262. The van der Waals surface area contributed by atoms with Gasteiger partial charge in [0.2, 0.25) is 5.91 Å². The number of rotatable bonds is 6. The third-order valence-electron chi connectivity index (χ3n) is 2.48. The number of hydrogen-bond donors (Lipinski definition) is 1. The highest BCUT2D eigenvalue weighted by Crippen LogP contribution is 2.16. The fourth-order valence-corrected chi connectivity index (χ4v) is 1.42. The second-order valence-corrected chi connectivity index (χ2v) is 3.95. The van der Waals surface area contributed by atoms with Crippen LogP contribution in [0.5, 0.6) is 5.75 Å². The molecule has 96 valence electrons. The van der Waals surface area contributed by atoms with E-state index in [9.17, 15) is 4.79 Å². The zero-order valence-electron chi connectivity index (χ0n) is 10.8. The lowest BCUT2D eigenvalue weighted by molar-refractivity contribution is -0.118. The van der Waals surface area contributed by atoms with Gasteiger partial charge >= 0.3 is 0 Å². The van der Waals surface area contributed by atoms with Crippen molar-refractivity contribution in [1.82, 2.24) is 0 Å². The molecule has 0 aliphatic rings. The highest BCUT2D eigenvalue weighted by Gasteiger charge is 2.15. The van der Waals surface area contributed by atoms with Crippen molar-refractivity contribution in [3.63, 3.8) is 0 Å². The van der Waals surface area contributed by atoms with Gasteiger partial charge < -0.3 is 10.1 Å². The molecule has 1 aromatic carbocycles. The molecule has 0 aliphatic heterocycles. The number of amides is 1. The number of carbonyl (C=O) groups excluding carboxylic acids is 1. The monoisotopic (exact) mass is 246 g/mol. The maximum Gasteiger partial charge on any atom is 0.241 e. The number of ether oxygens (including phenoxy) is 1. The summed E-state index contributed by atoms with van der Waals surface area (Å²) in [5, 5.41) is 11.5. The van der Waals surface area contributed by atoms with Crippen LogP contribution >= 0.6 is 0 Å². The van der Waals surface area contributed by atoms with E-state index in [4.69, 9.17) is 10.00 Å². The molecule has 0 aliphatic carbocycles. The van der Waals surface area contributed by atoms with Gasteiger partial charge in [0.1, 0.15) is 11.7 Å². The summed E-state index contributed by atoms with van der Waals surface area (Å²) in [5.74, 6) is -0.0783. The lowest BCUT2D eigenvalue weighted by Gasteiger charge is -2.09. The zero-order chi connectivity index (χ0) is 13.4. The Morgan fingerprint density at radius 2 is 2.06 bits per heavy atom. The van der Waals surface area contributed by atoms with Gasteiger partial charge in [-0.15, -0.1) is 0 Å². The van der Waals surface area contributed by atoms with Gasteiger partial charge in [0.25, 0.3) is 0 Å². The van der Waals surface area contributed by atoms with Gasteiger partial charge in [0.15, 0.2) is 0 Å². The number of nitriles is 1. The maximum absolute atomic E-state index is 11.7. The Hall–Kier alpha value is -2.02. The average Bonchev–Trinajstić information content (AvgIpc) is 2.39. The fourth-order valence-electron chi connectivity index (χ4n) is 1.42. The van der Waals surface area contributed by atoms with Crippen molar-refractivity contribution >= 4 is 11.6 Å². The molecule has 0 spiro atoms. The number of benzene rings is 1. The highest BCUT2D eigenvalue weighted by atomic mass is 16.5. The van der Waals surface area contributed by atoms with Gasteiger partial charge in [-0.3, -0.25) is 4.79 Å². The highest BCUT2D eigenvalue weighted by molar-refractivity contribution is 5.94. The third-order valence-corrected chi connectivity index (χ3v) is 2.48. The standard InChI is InChI=1S/C14H18N2O2/c1-3-9-18-13-7-5-12(6-8-13)16-14(17)11(4-2)10-15/h5-8,11H,3-4,9H2,1-2H3,(H,16,17). The van der Waals surface area contributed by atoms with Crippen LogP contribution in [-0.4, -0.2) is 12.5 Å². The summed E-state index contributed by atoms with van der Waals surface area (Å²) in [6.07, 6.45) is 1.47.